The highest BCUT2D eigenvalue weighted by molar-refractivity contribution is 9.10. The first-order chi connectivity index (χ1) is 7.65. The SMILES string of the molecule is CC1CN(Cc2cccc(Br)c2)C(C)CO1. The van der Waals surface area contributed by atoms with Crippen molar-refractivity contribution in [2.45, 2.75) is 32.5 Å². The monoisotopic (exact) mass is 283 g/mol. The van der Waals surface area contributed by atoms with Gasteiger partial charge in [-0.15, -0.1) is 0 Å². The van der Waals surface area contributed by atoms with E-state index in [0.29, 0.717) is 12.1 Å². The van der Waals surface area contributed by atoms with Crippen LogP contribution in [-0.4, -0.2) is 30.2 Å². The molecule has 1 aromatic carbocycles. The normalized spacial score (nSPS) is 26.9. The zero-order valence-electron chi connectivity index (χ0n) is 9.82. The van der Waals surface area contributed by atoms with Crippen molar-refractivity contribution in [3.8, 4) is 0 Å². The summed E-state index contributed by atoms with van der Waals surface area (Å²) in [4.78, 5) is 2.48. The van der Waals surface area contributed by atoms with Gasteiger partial charge in [0, 0.05) is 23.6 Å². The molecule has 2 atom stereocenters. The van der Waals surface area contributed by atoms with Crippen LogP contribution < -0.4 is 0 Å². The zero-order chi connectivity index (χ0) is 11.5. The zero-order valence-corrected chi connectivity index (χ0v) is 11.4. The molecule has 1 aliphatic rings. The molecule has 1 saturated heterocycles. The van der Waals surface area contributed by atoms with Crippen molar-refractivity contribution < 1.29 is 4.74 Å². The van der Waals surface area contributed by atoms with Gasteiger partial charge >= 0.3 is 0 Å². The van der Waals surface area contributed by atoms with E-state index >= 15 is 0 Å². The summed E-state index contributed by atoms with van der Waals surface area (Å²) >= 11 is 3.51. The van der Waals surface area contributed by atoms with Gasteiger partial charge in [0.05, 0.1) is 12.7 Å². The molecule has 16 heavy (non-hydrogen) atoms. The summed E-state index contributed by atoms with van der Waals surface area (Å²) in [5.41, 5.74) is 1.36. The van der Waals surface area contributed by atoms with Gasteiger partial charge in [-0.25, -0.2) is 0 Å². The standard InChI is InChI=1S/C13H18BrNO/c1-10-9-16-11(2)7-15(10)8-12-4-3-5-13(14)6-12/h3-6,10-11H,7-9H2,1-2H3. The van der Waals surface area contributed by atoms with Gasteiger partial charge in [-0.1, -0.05) is 28.1 Å². The minimum atomic E-state index is 0.350. The summed E-state index contributed by atoms with van der Waals surface area (Å²) < 4.78 is 6.78. The molecule has 1 aromatic rings. The van der Waals surface area contributed by atoms with Crippen LogP contribution >= 0.6 is 15.9 Å². The maximum Gasteiger partial charge on any atom is 0.0674 e. The summed E-state index contributed by atoms with van der Waals surface area (Å²) in [6, 6.07) is 9.03. The number of ether oxygens (including phenoxy) is 1. The fourth-order valence-corrected chi connectivity index (χ4v) is 2.51. The molecule has 0 N–H and O–H groups in total. The molecule has 0 radical (unpaired) electrons. The van der Waals surface area contributed by atoms with Gasteiger partial charge in [-0.2, -0.15) is 0 Å². The molecule has 1 fully saturated rings. The fourth-order valence-electron chi connectivity index (χ4n) is 2.06. The number of benzene rings is 1. The Labute approximate surface area is 106 Å². The summed E-state index contributed by atoms with van der Waals surface area (Å²) in [6.45, 7) is 7.24. The Bertz CT molecular complexity index is 356. The van der Waals surface area contributed by atoms with Gasteiger partial charge in [0.2, 0.25) is 0 Å². The molecule has 88 valence electrons. The Morgan fingerprint density at radius 3 is 3.00 bits per heavy atom. The van der Waals surface area contributed by atoms with E-state index in [1.165, 1.54) is 5.56 Å². The average Bonchev–Trinajstić information content (AvgIpc) is 2.24. The first-order valence-corrected chi connectivity index (χ1v) is 6.54. The van der Waals surface area contributed by atoms with Crippen LogP contribution in [-0.2, 0) is 11.3 Å². The van der Waals surface area contributed by atoms with Crippen LogP contribution in [0.5, 0.6) is 0 Å². The van der Waals surface area contributed by atoms with Crippen LogP contribution in [0.1, 0.15) is 19.4 Å². The minimum absolute atomic E-state index is 0.350. The lowest BCUT2D eigenvalue weighted by Gasteiger charge is -2.36. The Balaban J connectivity index is 2.02. The van der Waals surface area contributed by atoms with Gasteiger partial charge in [0.15, 0.2) is 0 Å². The van der Waals surface area contributed by atoms with Crippen molar-refractivity contribution in [3.05, 3.63) is 34.3 Å². The third kappa shape index (κ3) is 3.06. The van der Waals surface area contributed by atoms with Crippen LogP contribution in [0.25, 0.3) is 0 Å². The van der Waals surface area contributed by atoms with Gasteiger partial charge in [-0.3, -0.25) is 4.90 Å². The van der Waals surface area contributed by atoms with Crippen LogP contribution in [0, 0.1) is 0 Å². The van der Waals surface area contributed by atoms with Crippen molar-refractivity contribution in [1.29, 1.82) is 0 Å². The van der Waals surface area contributed by atoms with Crippen molar-refractivity contribution in [1.82, 2.24) is 4.90 Å². The second-order valence-corrected chi connectivity index (χ2v) is 5.47. The lowest BCUT2D eigenvalue weighted by molar-refractivity contribution is -0.0526. The smallest absolute Gasteiger partial charge is 0.0674 e. The molecule has 0 aliphatic carbocycles. The average molecular weight is 284 g/mol. The second kappa shape index (κ2) is 5.30. The number of nitrogens with zero attached hydrogens (tertiary/aromatic N) is 1. The summed E-state index contributed by atoms with van der Waals surface area (Å²) in [6.07, 6.45) is 0.350. The molecule has 2 unspecified atom stereocenters. The molecule has 2 rings (SSSR count). The maximum atomic E-state index is 5.63. The van der Waals surface area contributed by atoms with Gasteiger partial charge in [0.1, 0.15) is 0 Å². The summed E-state index contributed by atoms with van der Waals surface area (Å²) in [5, 5.41) is 0. The Morgan fingerprint density at radius 2 is 2.25 bits per heavy atom. The maximum absolute atomic E-state index is 5.63. The molecular weight excluding hydrogens is 266 g/mol. The van der Waals surface area contributed by atoms with Crippen molar-refractivity contribution in [3.63, 3.8) is 0 Å². The first-order valence-electron chi connectivity index (χ1n) is 5.75. The number of rotatable bonds is 2. The van der Waals surface area contributed by atoms with E-state index < -0.39 is 0 Å². The molecule has 2 nitrogen and oxygen atoms in total. The van der Waals surface area contributed by atoms with Gasteiger partial charge in [-0.05, 0) is 31.5 Å². The van der Waals surface area contributed by atoms with E-state index in [0.717, 1.165) is 24.2 Å². The predicted octanol–water partition coefficient (Wildman–Crippen LogP) is 3.06. The number of hydrogen-bond acceptors (Lipinski definition) is 2. The molecule has 1 heterocycles. The van der Waals surface area contributed by atoms with E-state index in [-0.39, 0.29) is 0 Å². The van der Waals surface area contributed by atoms with Crippen LogP contribution in [0.15, 0.2) is 28.7 Å². The van der Waals surface area contributed by atoms with E-state index in [1.54, 1.807) is 0 Å². The molecule has 1 aliphatic heterocycles. The molecule has 0 aromatic heterocycles. The predicted molar refractivity (Wildman–Crippen MR) is 69.4 cm³/mol. The van der Waals surface area contributed by atoms with E-state index in [2.05, 4.69) is 58.9 Å². The largest absolute Gasteiger partial charge is 0.376 e. The Kier molecular flexibility index (Phi) is 4.00. The summed E-state index contributed by atoms with van der Waals surface area (Å²) in [5.74, 6) is 0. The third-order valence-corrected chi connectivity index (χ3v) is 3.50. The van der Waals surface area contributed by atoms with E-state index in [4.69, 9.17) is 4.74 Å². The number of halogens is 1. The van der Waals surface area contributed by atoms with Crippen LogP contribution in [0.2, 0.25) is 0 Å². The first kappa shape index (κ1) is 12.1. The van der Waals surface area contributed by atoms with Gasteiger partial charge < -0.3 is 4.74 Å². The van der Waals surface area contributed by atoms with Crippen molar-refractivity contribution in [2.75, 3.05) is 13.2 Å². The number of hydrogen-bond donors (Lipinski definition) is 0. The molecule has 0 bridgehead atoms. The molecule has 3 heteroatoms. The highest BCUT2D eigenvalue weighted by Gasteiger charge is 2.23. The topological polar surface area (TPSA) is 12.5 Å². The Morgan fingerprint density at radius 1 is 1.44 bits per heavy atom. The van der Waals surface area contributed by atoms with Crippen LogP contribution in [0.4, 0.5) is 0 Å². The van der Waals surface area contributed by atoms with Gasteiger partial charge in [0.25, 0.3) is 0 Å². The minimum Gasteiger partial charge on any atom is -0.376 e. The lowest BCUT2D eigenvalue weighted by Crippen LogP contribution is -2.46. The van der Waals surface area contributed by atoms with Crippen molar-refractivity contribution >= 4 is 15.9 Å². The fraction of sp³-hybridized carbons (Fsp3) is 0.538. The third-order valence-electron chi connectivity index (χ3n) is 3.01. The highest BCUT2D eigenvalue weighted by Crippen LogP contribution is 2.17. The lowest BCUT2D eigenvalue weighted by atomic mass is 10.1. The highest BCUT2D eigenvalue weighted by atomic mass is 79.9. The summed E-state index contributed by atoms with van der Waals surface area (Å²) in [7, 11) is 0. The van der Waals surface area contributed by atoms with Crippen molar-refractivity contribution in [2.24, 2.45) is 0 Å². The molecule has 0 amide bonds. The Hall–Kier alpha value is -0.380. The van der Waals surface area contributed by atoms with E-state index in [1.807, 2.05) is 0 Å². The quantitative estimate of drug-likeness (QED) is 0.827. The van der Waals surface area contributed by atoms with Crippen LogP contribution in [0.3, 0.4) is 0 Å². The molecule has 0 spiro atoms. The van der Waals surface area contributed by atoms with E-state index in [9.17, 15) is 0 Å². The molecule has 0 saturated carbocycles. The number of morpholine rings is 1. The molecular formula is C13H18BrNO. The second-order valence-electron chi connectivity index (χ2n) is 4.55.